The number of aromatic nitrogens is 4. The van der Waals surface area contributed by atoms with Gasteiger partial charge in [0.05, 0.1) is 59.8 Å². The number of thiophene rings is 2. The molecule has 0 spiro atoms. The summed E-state index contributed by atoms with van der Waals surface area (Å²) in [5.74, 6) is 1.20. The lowest BCUT2D eigenvalue weighted by Crippen LogP contribution is -2.53. The number of aromatic amines is 2. The van der Waals surface area contributed by atoms with E-state index < -0.39 is 24.3 Å². The van der Waals surface area contributed by atoms with Crippen LogP contribution in [0.15, 0.2) is 24.5 Å². The number of H-pyrrole nitrogens is 2. The van der Waals surface area contributed by atoms with Gasteiger partial charge in [-0.3, -0.25) is 9.59 Å². The van der Waals surface area contributed by atoms with Gasteiger partial charge in [0.25, 0.3) is 0 Å². The van der Waals surface area contributed by atoms with Crippen LogP contribution in [0.25, 0.3) is 41.3 Å². The van der Waals surface area contributed by atoms with Gasteiger partial charge in [-0.05, 0) is 111 Å². The van der Waals surface area contributed by atoms with Crippen molar-refractivity contribution in [3.63, 3.8) is 0 Å². The summed E-state index contributed by atoms with van der Waals surface area (Å²) in [6.07, 6.45) is 8.53. The number of methoxy groups -OCH3 is 2. The fourth-order valence-electron chi connectivity index (χ4n) is 9.89. The highest BCUT2D eigenvalue weighted by atomic mass is 32.1. The Balaban J connectivity index is 0.937. The second-order valence-electron chi connectivity index (χ2n) is 16.8. The highest BCUT2D eigenvalue weighted by Gasteiger charge is 2.42. The Morgan fingerprint density at radius 2 is 1.08 bits per heavy atom. The minimum absolute atomic E-state index is 0.0312. The van der Waals surface area contributed by atoms with Crippen LogP contribution in [0, 0.1) is 25.7 Å². The zero-order valence-corrected chi connectivity index (χ0v) is 37.2. The first-order valence-corrected chi connectivity index (χ1v) is 23.3. The predicted octanol–water partition coefficient (Wildman–Crippen LogP) is 7.14. The summed E-state index contributed by atoms with van der Waals surface area (Å²) >= 11 is 3.46. The molecular weight excluding hydrogens is 833 g/mol. The van der Waals surface area contributed by atoms with Crippen LogP contribution in [0.3, 0.4) is 0 Å². The number of alkyl carbamates (subject to hydrolysis) is 2. The highest BCUT2D eigenvalue weighted by molar-refractivity contribution is 7.24. The number of carbonyl (C=O) groups is 4. The van der Waals surface area contributed by atoms with E-state index in [2.05, 4.69) is 46.6 Å². The van der Waals surface area contributed by atoms with E-state index in [9.17, 15) is 19.2 Å². The molecule has 330 valence electrons. The maximum Gasteiger partial charge on any atom is 0.407 e. The number of amides is 4. The number of fused-ring (bicyclic) bond motifs is 2. The van der Waals surface area contributed by atoms with E-state index in [-0.39, 0.29) is 35.7 Å². The SMILES string of the molecule is COC(=O)NC(C(=O)N1CCC[C@H]1c1ncc(-c2cc3c(C)c4sc(-c5cnc([C@@H]6CCCN6C(=O)[C@@H](NC(=O)OC)C6CCOCC6)[nH]5)cc4c(C)c3s2)[nH]1)C1CCOCC1. The van der Waals surface area contributed by atoms with E-state index in [0.717, 1.165) is 58.5 Å². The summed E-state index contributed by atoms with van der Waals surface area (Å²) < 4.78 is 23.3. The second kappa shape index (κ2) is 18.0. The second-order valence-corrected chi connectivity index (χ2v) is 18.9. The maximum absolute atomic E-state index is 14.1. The van der Waals surface area contributed by atoms with Gasteiger partial charge in [0.1, 0.15) is 23.7 Å². The zero-order valence-electron chi connectivity index (χ0n) is 35.5. The third-order valence-electron chi connectivity index (χ3n) is 13.3. The molecule has 1 aromatic carbocycles. The smallest absolute Gasteiger partial charge is 0.407 e. The molecule has 4 aliphatic heterocycles. The van der Waals surface area contributed by atoms with E-state index in [1.807, 2.05) is 22.2 Å². The molecule has 16 nitrogen and oxygen atoms in total. The van der Waals surface area contributed by atoms with Crippen molar-refractivity contribution in [2.45, 2.75) is 89.4 Å². The van der Waals surface area contributed by atoms with Crippen molar-refractivity contribution in [3.05, 3.63) is 47.3 Å². The monoisotopic (exact) mass is 886 g/mol. The van der Waals surface area contributed by atoms with Crippen LogP contribution in [0.2, 0.25) is 0 Å². The summed E-state index contributed by atoms with van der Waals surface area (Å²) in [4.78, 5) is 75.5. The Hall–Kier alpha value is -5.04. The number of aryl methyl sites for hydroxylation is 2. The Kier molecular flexibility index (Phi) is 12.3. The molecule has 4 fully saturated rings. The third-order valence-corrected chi connectivity index (χ3v) is 15.9. The average Bonchev–Trinajstić information content (AvgIpc) is 4.15. The Bertz CT molecular complexity index is 2240. The lowest BCUT2D eigenvalue weighted by Gasteiger charge is -2.34. The molecule has 0 saturated carbocycles. The number of benzene rings is 1. The summed E-state index contributed by atoms with van der Waals surface area (Å²) in [6, 6.07) is 2.65. The van der Waals surface area contributed by atoms with Crippen molar-refractivity contribution in [1.82, 2.24) is 40.4 Å². The molecule has 62 heavy (non-hydrogen) atoms. The number of rotatable bonds is 10. The summed E-state index contributed by atoms with van der Waals surface area (Å²) in [5.41, 5.74) is 4.21. The molecule has 4 amide bonds. The first-order valence-electron chi connectivity index (χ1n) is 21.7. The molecule has 4 aromatic heterocycles. The Labute approximate surface area is 367 Å². The standard InChI is InChI=1S/C44H54N8O8S2/c1-23-27-19-33(29-21-45-39(47-29)31-7-5-13-51(31)41(53)35(49-43(55)57-3)25-9-15-59-16-10-25)62-38(27)24(2)28-20-34(61-37(23)28)30-22-46-40(48-30)32-8-6-14-52(32)42(54)36(50-44(56)58-4)26-11-17-60-18-12-26/h19-22,25-26,31-32,35-36H,5-18H2,1-4H3,(H,45,47)(H,46,48)(H,49,55)(H,50,56)/t31-,32-,35-,36?/m0/s1. The van der Waals surface area contributed by atoms with Gasteiger partial charge in [0.2, 0.25) is 11.8 Å². The Morgan fingerprint density at radius 3 is 1.47 bits per heavy atom. The van der Waals surface area contributed by atoms with Crippen LogP contribution in [-0.2, 0) is 28.5 Å². The molecule has 5 aromatic rings. The summed E-state index contributed by atoms with van der Waals surface area (Å²) in [5, 5.41) is 8.04. The van der Waals surface area contributed by atoms with Crippen molar-refractivity contribution in [3.8, 4) is 21.1 Å². The van der Waals surface area contributed by atoms with E-state index >= 15 is 0 Å². The van der Waals surface area contributed by atoms with Crippen LogP contribution in [0.5, 0.6) is 0 Å². The average molecular weight is 887 g/mol. The predicted molar refractivity (Wildman–Crippen MR) is 235 cm³/mol. The zero-order chi connectivity index (χ0) is 43.1. The van der Waals surface area contributed by atoms with Gasteiger partial charge in [0, 0.05) is 48.9 Å². The number of hydrogen-bond acceptors (Lipinski definition) is 12. The van der Waals surface area contributed by atoms with Gasteiger partial charge >= 0.3 is 12.2 Å². The molecule has 18 heteroatoms. The van der Waals surface area contributed by atoms with Gasteiger partial charge in [-0.25, -0.2) is 19.6 Å². The summed E-state index contributed by atoms with van der Waals surface area (Å²) in [7, 11) is 2.63. The third kappa shape index (κ3) is 8.05. The number of nitrogens with zero attached hydrogens (tertiary/aromatic N) is 4. The van der Waals surface area contributed by atoms with Gasteiger partial charge < -0.3 is 49.3 Å². The largest absolute Gasteiger partial charge is 0.453 e. The topological polar surface area (TPSA) is 193 Å². The van der Waals surface area contributed by atoms with E-state index in [0.29, 0.717) is 65.2 Å². The van der Waals surface area contributed by atoms with E-state index in [4.69, 9.17) is 28.9 Å². The van der Waals surface area contributed by atoms with Crippen molar-refractivity contribution < 1.29 is 38.1 Å². The van der Waals surface area contributed by atoms with Crippen LogP contribution in [0.1, 0.15) is 86.2 Å². The number of ether oxygens (including phenoxy) is 4. The Morgan fingerprint density at radius 1 is 0.677 bits per heavy atom. The molecule has 4 atom stereocenters. The maximum atomic E-state index is 14.1. The van der Waals surface area contributed by atoms with Crippen molar-refractivity contribution in [2.24, 2.45) is 11.8 Å². The first kappa shape index (κ1) is 42.3. The minimum Gasteiger partial charge on any atom is -0.453 e. The molecular formula is C44H54N8O8S2. The molecule has 4 N–H and O–H groups in total. The van der Waals surface area contributed by atoms with Crippen LogP contribution in [0.4, 0.5) is 9.59 Å². The molecule has 0 aliphatic carbocycles. The lowest BCUT2D eigenvalue weighted by molar-refractivity contribution is -0.137. The number of imidazole rings is 2. The fourth-order valence-corrected chi connectivity index (χ4v) is 12.3. The number of carbonyl (C=O) groups excluding carboxylic acids is 4. The van der Waals surface area contributed by atoms with Gasteiger partial charge in [0.15, 0.2) is 0 Å². The minimum atomic E-state index is -0.688. The number of nitrogens with one attached hydrogen (secondary N) is 4. The molecule has 1 unspecified atom stereocenters. The molecule has 9 rings (SSSR count). The first-order chi connectivity index (χ1) is 30.1. The fraction of sp³-hybridized carbons (Fsp3) is 0.545. The van der Waals surface area contributed by atoms with Crippen molar-refractivity contribution >= 4 is 66.8 Å². The van der Waals surface area contributed by atoms with Gasteiger partial charge in [-0.15, -0.1) is 22.7 Å². The number of hydrogen-bond donors (Lipinski definition) is 4. The molecule has 4 saturated heterocycles. The normalized spacial score (nSPS) is 21.1. The summed E-state index contributed by atoms with van der Waals surface area (Å²) in [6.45, 7) is 7.77. The molecule has 0 bridgehead atoms. The van der Waals surface area contributed by atoms with Crippen LogP contribution >= 0.6 is 22.7 Å². The van der Waals surface area contributed by atoms with E-state index in [1.54, 1.807) is 22.7 Å². The van der Waals surface area contributed by atoms with Crippen LogP contribution < -0.4 is 10.6 Å². The van der Waals surface area contributed by atoms with Gasteiger partial charge in [-0.1, -0.05) is 0 Å². The molecule has 4 aliphatic rings. The highest BCUT2D eigenvalue weighted by Crippen LogP contribution is 2.46. The molecule has 0 radical (unpaired) electrons. The van der Waals surface area contributed by atoms with Crippen LogP contribution in [-0.4, -0.2) is 120 Å². The van der Waals surface area contributed by atoms with Crippen molar-refractivity contribution in [1.29, 1.82) is 0 Å². The van der Waals surface area contributed by atoms with Gasteiger partial charge in [-0.2, -0.15) is 0 Å². The molecule has 8 heterocycles. The quantitative estimate of drug-likeness (QED) is 0.112. The lowest BCUT2D eigenvalue weighted by atomic mass is 9.90. The van der Waals surface area contributed by atoms with Crippen molar-refractivity contribution in [2.75, 3.05) is 53.7 Å². The van der Waals surface area contributed by atoms with E-state index in [1.165, 1.54) is 45.5 Å². The number of likely N-dealkylation sites (tertiary alicyclic amines) is 2.